The number of hydrogen-bond acceptors (Lipinski definition) is 10. The second-order valence-corrected chi connectivity index (χ2v) is 12.5. The van der Waals surface area contributed by atoms with Crippen LogP contribution in [0.5, 0.6) is 0 Å². The first-order chi connectivity index (χ1) is 17.3. The number of hydrogen-bond donors (Lipinski definition) is 4. The highest BCUT2D eigenvalue weighted by atomic mass is 32.2. The van der Waals surface area contributed by atoms with E-state index in [1.54, 1.807) is 0 Å². The molecule has 0 saturated carbocycles. The monoisotopic (exact) mass is 534 g/mol. The molecule has 0 atom stereocenters. The molecule has 0 aliphatic carbocycles. The Morgan fingerprint density at radius 3 is 1.50 bits per heavy atom. The van der Waals surface area contributed by atoms with Crippen molar-refractivity contribution in [3.05, 3.63) is 41.3 Å². The number of nitrogens with zero attached hydrogens (tertiary/aromatic N) is 3. The van der Waals surface area contributed by atoms with Crippen LogP contribution in [0.4, 0.5) is 11.4 Å². The van der Waals surface area contributed by atoms with Crippen molar-refractivity contribution in [3.63, 3.8) is 0 Å². The van der Waals surface area contributed by atoms with Crippen LogP contribution >= 0.6 is 0 Å². The summed E-state index contributed by atoms with van der Waals surface area (Å²) in [5, 5.41) is 20.4. The van der Waals surface area contributed by atoms with Crippen LogP contribution in [0.25, 0.3) is 21.5 Å². The second-order valence-electron chi connectivity index (χ2n) is 8.65. The number of sulfonamides is 2. The maximum Gasteiger partial charge on any atom is 0.243 e. The molecule has 12 nitrogen and oxygen atoms in total. The predicted molar refractivity (Wildman–Crippen MR) is 136 cm³/mol. The number of anilines is 1. The molecule has 2 saturated heterocycles. The molecule has 2 aliphatic rings. The molecule has 2 aliphatic heterocycles. The molecule has 0 radical (unpaired) electrons. The summed E-state index contributed by atoms with van der Waals surface area (Å²) in [7, 11) is -7.68. The molecule has 36 heavy (non-hydrogen) atoms. The molecule has 14 heteroatoms. The molecule has 0 amide bonds. The quantitative estimate of drug-likeness (QED) is 0.208. The fraction of sp³-hybridized carbons (Fsp3) is 0.364. The average Bonchev–Trinajstić information content (AvgIpc) is 2.92. The molecule has 4 N–H and O–H groups in total. The van der Waals surface area contributed by atoms with Crippen LogP contribution in [0, 0.1) is 4.91 Å². The van der Waals surface area contributed by atoms with Gasteiger partial charge in [-0.25, -0.2) is 16.8 Å². The van der Waals surface area contributed by atoms with Gasteiger partial charge in [0.1, 0.15) is 5.69 Å². The fourth-order valence-corrected chi connectivity index (χ4v) is 7.71. The van der Waals surface area contributed by atoms with Gasteiger partial charge in [0.25, 0.3) is 0 Å². The van der Waals surface area contributed by atoms with Gasteiger partial charge in [-0.3, -0.25) is 10.7 Å². The van der Waals surface area contributed by atoms with Crippen LogP contribution in [0.2, 0.25) is 0 Å². The number of rotatable bonds is 6. The van der Waals surface area contributed by atoms with Crippen LogP contribution in [0.1, 0.15) is 0 Å². The van der Waals surface area contributed by atoms with E-state index in [1.807, 2.05) is 0 Å². The third-order valence-corrected chi connectivity index (χ3v) is 10.5. The van der Waals surface area contributed by atoms with Crippen molar-refractivity contribution in [1.82, 2.24) is 19.2 Å². The Hall–Kier alpha value is -2.72. The average molecular weight is 535 g/mol. The van der Waals surface area contributed by atoms with Gasteiger partial charge >= 0.3 is 0 Å². The van der Waals surface area contributed by atoms with E-state index in [-0.39, 0.29) is 31.9 Å². The van der Waals surface area contributed by atoms with Crippen molar-refractivity contribution in [2.24, 2.45) is 5.18 Å². The first kappa shape index (κ1) is 25.0. The van der Waals surface area contributed by atoms with Gasteiger partial charge in [0.2, 0.25) is 20.0 Å². The molecule has 3 aromatic carbocycles. The van der Waals surface area contributed by atoms with Gasteiger partial charge in [-0.1, -0.05) is 12.1 Å². The lowest BCUT2D eigenvalue weighted by atomic mass is 9.99. The topological polar surface area (TPSA) is 161 Å². The zero-order chi connectivity index (χ0) is 25.5. The Balaban J connectivity index is 1.71. The van der Waals surface area contributed by atoms with Crippen LogP contribution in [0.3, 0.4) is 0 Å². The Kier molecular flexibility index (Phi) is 6.67. The van der Waals surface area contributed by atoms with Crippen molar-refractivity contribution >= 4 is 53.0 Å². The third-order valence-electron chi connectivity index (χ3n) is 6.66. The Morgan fingerprint density at radius 2 is 1.14 bits per heavy atom. The number of nitroso groups, excluding NO2 is 1. The maximum absolute atomic E-state index is 13.2. The molecular weight excluding hydrogens is 508 g/mol. The summed E-state index contributed by atoms with van der Waals surface area (Å²) < 4.78 is 55.7. The summed E-state index contributed by atoms with van der Waals surface area (Å²) in [6.45, 7) is 3.37. The Morgan fingerprint density at radius 1 is 0.722 bits per heavy atom. The number of nitrogens with one attached hydrogen (secondary N) is 3. The minimum atomic E-state index is -3.84. The summed E-state index contributed by atoms with van der Waals surface area (Å²) in [6, 6.07) is 8.54. The van der Waals surface area contributed by atoms with Crippen LogP contribution in [-0.4, -0.2) is 83.0 Å². The first-order valence-electron chi connectivity index (χ1n) is 11.5. The summed E-state index contributed by atoms with van der Waals surface area (Å²) >= 11 is 0. The van der Waals surface area contributed by atoms with E-state index in [9.17, 15) is 26.9 Å². The molecule has 2 fully saturated rings. The number of benzene rings is 3. The van der Waals surface area contributed by atoms with E-state index >= 15 is 0 Å². The Labute approximate surface area is 208 Å². The fourth-order valence-electron chi connectivity index (χ4n) is 4.77. The predicted octanol–water partition coefficient (Wildman–Crippen LogP) is 1.38. The van der Waals surface area contributed by atoms with E-state index in [2.05, 4.69) is 21.3 Å². The zero-order valence-corrected chi connectivity index (χ0v) is 20.9. The largest absolute Gasteiger partial charge is 0.314 e. The summed E-state index contributed by atoms with van der Waals surface area (Å²) in [4.78, 5) is 12.1. The summed E-state index contributed by atoms with van der Waals surface area (Å²) in [5.41, 5.74) is 2.24. The maximum atomic E-state index is 13.2. The standard InChI is InChI=1S/C22H26N6O6S2/c29-25-21-17-3-1-15(35(31,32)27-9-5-23-6-10-27)13-19(17)22(26-30)20-14-16(2-4-18(20)21)36(33,34)28-11-7-24-8-12-28/h1-4,13-14,23-25,29H,5-12H2. The lowest BCUT2D eigenvalue weighted by molar-refractivity contribution is 0.360. The van der Waals surface area contributed by atoms with Gasteiger partial charge in [0.15, 0.2) is 0 Å². The van der Waals surface area contributed by atoms with E-state index in [0.717, 1.165) is 0 Å². The minimum absolute atomic E-state index is 0.0189. The first-order valence-corrected chi connectivity index (χ1v) is 14.4. The molecule has 2 heterocycles. The minimum Gasteiger partial charge on any atom is -0.314 e. The van der Waals surface area contributed by atoms with Gasteiger partial charge in [-0.2, -0.15) is 8.61 Å². The van der Waals surface area contributed by atoms with Crippen molar-refractivity contribution in [2.75, 3.05) is 57.8 Å². The van der Waals surface area contributed by atoms with E-state index < -0.39 is 20.0 Å². The molecular formula is C22H26N6O6S2. The molecule has 5 rings (SSSR count). The van der Waals surface area contributed by atoms with Crippen molar-refractivity contribution in [2.45, 2.75) is 9.79 Å². The molecule has 0 bridgehead atoms. The van der Waals surface area contributed by atoms with Crippen LogP contribution < -0.4 is 16.1 Å². The van der Waals surface area contributed by atoms with E-state index in [1.165, 1.54) is 45.0 Å². The van der Waals surface area contributed by atoms with Gasteiger partial charge in [-0.05, 0) is 29.4 Å². The van der Waals surface area contributed by atoms with Gasteiger partial charge in [-0.15, -0.1) is 4.91 Å². The third kappa shape index (κ3) is 4.14. The normalized spacial score (nSPS) is 18.5. The lowest BCUT2D eigenvalue weighted by Gasteiger charge is -2.27. The molecule has 0 aromatic heterocycles. The van der Waals surface area contributed by atoms with Gasteiger partial charge < -0.3 is 10.6 Å². The highest BCUT2D eigenvalue weighted by Gasteiger charge is 2.29. The zero-order valence-electron chi connectivity index (χ0n) is 19.3. The molecule has 192 valence electrons. The van der Waals surface area contributed by atoms with Crippen molar-refractivity contribution in [1.29, 1.82) is 0 Å². The van der Waals surface area contributed by atoms with Crippen molar-refractivity contribution in [3.8, 4) is 0 Å². The number of fused-ring (bicyclic) bond motifs is 2. The Bertz CT molecular complexity index is 1440. The highest BCUT2D eigenvalue weighted by Crippen LogP contribution is 2.43. The molecule has 0 unspecified atom stereocenters. The van der Waals surface area contributed by atoms with Crippen molar-refractivity contribution < 1.29 is 22.0 Å². The summed E-state index contributed by atoms with van der Waals surface area (Å²) in [5.74, 6) is 0. The molecule has 0 spiro atoms. The smallest absolute Gasteiger partial charge is 0.243 e. The van der Waals surface area contributed by atoms with Crippen LogP contribution in [-0.2, 0) is 20.0 Å². The summed E-state index contributed by atoms with van der Waals surface area (Å²) in [6.07, 6.45) is 0. The lowest BCUT2D eigenvalue weighted by Crippen LogP contribution is -2.46. The highest BCUT2D eigenvalue weighted by molar-refractivity contribution is 7.89. The number of piperazine rings is 2. The van der Waals surface area contributed by atoms with E-state index in [4.69, 9.17) is 0 Å². The van der Waals surface area contributed by atoms with Gasteiger partial charge in [0, 0.05) is 73.9 Å². The van der Waals surface area contributed by atoms with E-state index in [0.29, 0.717) is 63.1 Å². The second kappa shape index (κ2) is 9.63. The molecule has 3 aromatic rings. The van der Waals surface area contributed by atoms with Gasteiger partial charge in [0.05, 0.1) is 15.5 Å². The SMILES string of the molecule is O=Nc1c2cc(S(=O)(=O)N3CCNCC3)ccc2c(NO)c2ccc(S(=O)(=O)N3CCNCC3)cc12. The van der Waals surface area contributed by atoms with Crippen LogP contribution in [0.15, 0.2) is 51.4 Å².